The molecule has 236 valence electrons. The van der Waals surface area contributed by atoms with Crippen LogP contribution in [0.15, 0.2) is 103 Å². The molecule has 0 spiro atoms. The molecule has 0 unspecified atom stereocenters. The van der Waals surface area contributed by atoms with Gasteiger partial charge in [-0.2, -0.15) is 0 Å². The predicted octanol–water partition coefficient (Wildman–Crippen LogP) is 7.98. The number of benzene rings is 3. The number of ether oxygens (including phenoxy) is 4. The number of halogens is 1. The van der Waals surface area contributed by atoms with Gasteiger partial charge in [-0.05, 0) is 76.6 Å². The van der Waals surface area contributed by atoms with Crippen LogP contribution in [0.2, 0.25) is 0 Å². The number of carbonyl (C=O) groups excluding carboxylic acids is 4. The van der Waals surface area contributed by atoms with Crippen LogP contribution in [0, 0.1) is 5.82 Å². The summed E-state index contributed by atoms with van der Waals surface area (Å²) in [5.74, 6) is -2.88. The highest BCUT2D eigenvalue weighted by Crippen LogP contribution is 2.39. The fraction of sp³-hybridized carbons (Fsp3) is 0.135. The topological polar surface area (TPSA) is 105 Å². The van der Waals surface area contributed by atoms with Crippen molar-refractivity contribution < 1.29 is 42.5 Å². The van der Waals surface area contributed by atoms with Crippen molar-refractivity contribution in [2.24, 2.45) is 0 Å². The maximum Gasteiger partial charge on any atom is 0.338 e. The molecule has 8 nitrogen and oxygen atoms in total. The Morgan fingerprint density at radius 1 is 0.609 bits per heavy atom. The smallest absolute Gasteiger partial charge is 0.338 e. The third-order valence-electron chi connectivity index (χ3n) is 6.32. The molecular weight excluding hydrogens is 591 g/mol. The summed E-state index contributed by atoms with van der Waals surface area (Å²) in [6, 6.07) is 13.2. The number of rotatable bonds is 11. The Kier molecular flexibility index (Phi) is 11.5. The van der Waals surface area contributed by atoms with Gasteiger partial charge in [0.2, 0.25) is 0 Å². The fourth-order valence-electron chi connectivity index (χ4n) is 3.57. The van der Waals surface area contributed by atoms with Crippen molar-refractivity contribution in [3.8, 4) is 34.1 Å². The zero-order valence-electron chi connectivity index (χ0n) is 26.2. The van der Waals surface area contributed by atoms with Gasteiger partial charge in [0.25, 0.3) is 0 Å². The molecule has 0 heterocycles. The zero-order valence-corrected chi connectivity index (χ0v) is 26.2. The van der Waals surface area contributed by atoms with Crippen molar-refractivity contribution in [2.45, 2.75) is 34.6 Å². The van der Waals surface area contributed by atoms with Crippen molar-refractivity contribution in [3.63, 3.8) is 0 Å². The summed E-state index contributed by atoms with van der Waals surface area (Å²) in [5, 5.41) is 0. The minimum absolute atomic E-state index is 0.00274. The van der Waals surface area contributed by atoms with Crippen LogP contribution in [0.25, 0.3) is 23.3 Å². The van der Waals surface area contributed by atoms with E-state index in [4.69, 9.17) is 18.9 Å². The maximum absolute atomic E-state index is 15.0. The fourth-order valence-corrected chi connectivity index (χ4v) is 3.57. The summed E-state index contributed by atoms with van der Waals surface area (Å²) < 4.78 is 36.7. The lowest BCUT2D eigenvalue weighted by Gasteiger charge is -2.16. The first kappa shape index (κ1) is 34.7. The first-order valence-corrected chi connectivity index (χ1v) is 13.9. The van der Waals surface area contributed by atoms with Crippen LogP contribution in [0.1, 0.15) is 45.7 Å². The summed E-state index contributed by atoms with van der Waals surface area (Å²) >= 11 is 0. The monoisotopic (exact) mass is 624 g/mol. The van der Waals surface area contributed by atoms with E-state index in [2.05, 4.69) is 19.7 Å². The Balaban J connectivity index is 2.14. The van der Waals surface area contributed by atoms with Gasteiger partial charge in [-0.1, -0.05) is 50.1 Å². The maximum atomic E-state index is 15.0. The van der Waals surface area contributed by atoms with Gasteiger partial charge >= 0.3 is 23.9 Å². The van der Waals surface area contributed by atoms with Crippen LogP contribution < -0.4 is 18.9 Å². The van der Waals surface area contributed by atoms with E-state index in [0.717, 1.165) is 6.07 Å². The van der Waals surface area contributed by atoms with Crippen molar-refractivity contribution in [1.82, 2.24) is 0 Å². The van der Waals surface area contributed by atoms with Gasteiger partial charge in [0, 0.05) is 45.0 Å². The van der Waals surface area contributed by atoms with Gasteiger partial charge < -0.3 is 18.9 Å². The average Bonchev–Trinajstić information content (AvgIpc) is 3.01. The molecule has 9 heteroatoms. The first-order chi connectivity index (χ1) is 21.7. The van der Waals surface area contributed by atoms with E-state index in [0.29, 0.717) is 16.7 Å². The largest absolute Gasteiger partial charge is 0.423 e. The van der Waals surface area contributed by atoms with E-state index in [-0.39, 0.29) is 50.8 Å². The second kappa shape index (κ2) is 15.3. The van der Waals surface area contributed by atoms with Gasteiger partial charge in [-0.3, -0.25) is 0 Å². The highest BCUT2D eigenvalue weighted by Gasteiger charge is 2.19. The van der Waals surface area contributed by atoms with Crippen molar-refractivity contribution in [1.29, 1.82) is 0 Å². The number of hydrogen-bond acceptors (Lipinski definition) is 8. The van der Waals surface area contributed by atoms with Gasteiger partial charge in [0.05, 0.1) is 0 Å². The number of esters is 4. The minimum Gasteiger partial charge on any atom is -0.423 e. The highest BCUT2D eigenvalue weighted by molar-refractivity contribution is 5.93. The summed E-state index contributed by atoms with van der Waals surface area (Å²) in [6.45, 7) is 18.5. The Morgan fingerprint density at radius 3 is 1.65 bits per heavy atom. The molecule has 0 aliphatic carbocycles. The van der Waals surface area contributed by atoms with E-state index in [1.165, 1.54) is 57.2 Å². The summed E-state index contributed by atoms with van der Waals surface area (Å²) in [7, 11) is 0. The van der Waals surface area contributed by atoms with E-state index < -0.39 is 29.7 Å². The first-order valence-electron chi connectivity index (χ1n) is 13.9. The Labute approximate surface area is 266 Å². The van der Waals surface area contributed by atoms with Crippen molar-refractivity contribution in [3.05, 3.63) is 120 Å². The molecule has 46 heavy (non-hydrogen) atoms. The number of allylic oxidation sites excluding steroid dienone is 1. The minimum atomic E-state index is -0.716. The lowest BCUT2D eigenvalue weighted by Crippen LogP contribution is -2.12. The summed E-state index contributed by atoms with van der Waals surface area (Å²) in [4.78, 5) is 49.2. The van der Waals surface area contributed by atoms with Crippen LogP contribution in [0.3, 0.4) is 0 Å². The highest BCUT2D eigenvalue weighted by atomic mass is 19.1. The molecule has 0 fully saturated rings. The van der Waals surface area contributed by atoms with Crippen LogP contribution >= 0.6 is 0 Å². The Morgan fingerprint density at radius 2 is 1.11 bits per heavy atom. The molecule has 0 aliphatic rings. The van der Waals surface area contributed by atoms with Crippen LogP contribution in [0.4, 0.5) is 4.39 Å². The second-order valence-corrected chi connectivity index (χ2v) is 10.3. The average molecular weight is 625 g/mol. The third kappa shape index (κ3) is 9.09. The van der Waals surface area contributed by atoms with E-state index in [9.17, 15) is 23.6 Å². The molecule has 3 aromatic carbocycles. The Hall–Kier alpha value is -5.83. The van der Waals surface area contributed by atoms with E-state index in [1.54, 1.807) is 44.2 Å². The van der Waals surface area contributed by atoms with Crippen LogP contribution in [-0.2, 0) is 19.2 Å². The molecule has 0 aliphatic heterocycles. The summed E-state index contributed by atoms with van der Waals surface area (Å²) in [6.07, 6.45) is 4.49. The van der Waals surface area contributed by atoms with E-state index in [1.807, 2.05) is 0 Å². The summed E-state index contributed by atoms with van der Waals surface area (Å²) in [5.41, 5.74) is 2.16. The van der Waals surface area contributed by atoms with Crippen LogP contribution in [0.5, 0.6) is 23.0 Å². The van der Waals surface area contributed by atoms with E-state index >= 15 is 0 Å². The standard InChI is InChI=1S/C37H33FO8/c1-9-24(8)37(42)46-33-18-27(11-10-26-14-17-29(19-31(26)38)44-35(40)22(4)5)32(45-36(41)23(6)7)20-30(33)25-12-15-28(16-13-25)43-34(39)21(2)3/h9-20H,2,4,6H2,1,3,5,7-8H3/b11-10+,24-9+. The van der Waals surface area contributed by atoms with Gasteiger partial charge in [-0.15, -0.1) is 0 Å². The normalized spacial score (nSPS) is 11.0. The molecule has 0 atom stereocenters. The zero-order chi connectivity index (χ0) is 34.1. The third-order valence-corrected chi connectivity index (χ3v) is 6.32. The number of hydrogen-bond donors (Lipinski definition) is 0. The SMILES string of the molecule is C=C(C)C(=O)Oc1ccc(-c2cc(OC(=O)C(=C)C)c(/C=C/c3ccc(OC(=O)C(=C)C)cc3F)cc2OC(=O)/C(C)=C/C)cc1. The Bertz CT molecular complexity index is 1810. The van der Waals surface area contributed by atoms with Gasteiger partial charge in [0.15, 0.2) is 0 Å². The molecular formula is C37H33FO8. The van der Waals surface area contributed by atoms with Crippen molar-refractivity contribution >= 4 is 36.0 Å². The molecule has 0 amide bonds. The molecule has 0 radical (unpaired) electrons. The lowest BCUT2D eigenvalue weighted by atomic mass is 10.0. The second-order valence-electron chi connectivity index (χ2n) is 10.3. The molecule has 0 saturated carbocycles. The quantitative estimate of drug-likeness (QED) is 0.0915. The molecule has 0 N–H and O–H groups in total. The molecule has 0 bridgehead atoms. The molecule has 3 rings (SSSR count). The number of carbonyl (C=O) groups is 4. The molecule has 3 aromatic rings. The van der Waals surface area contributed by atoms with Crippen LogP contribution in [-0.4, -0.2) is 23.9 Å². The predicted molar refractivity (Wildman–Crippen MR) is 174 cm³/mol. The molecule has 0 aromatic heterocycles. The van der Waals surface area contributed by atoms with Gasteiger partial charge in [-0.25, -0.2) is 23.6 Å². The molecule has 0 saturated heterocycles. The van der Waals surface area contributed by atoms with Crippen molar-refractivity contribution in [2.75, 3.05) is 0 Å². The van der Waals surface area contributed by atoms with Gasteiger partial charge in [0.1, 0.15) is 28.8 Å². The lowest BCUT2D eigenvalue weighted by molar-refractivity contribution is -0.131.